The first-order valence-electron chi connectivity index (χ1n) is 5.25. The summed E-state index contributed by atoms with van der Waals surface area (Å²) in [4.78, 5) is 14.3. The predicted molar refractivity (Wildman–Crippen MR) is 57.7 cm³/mol. The number of aliphatic hydroxyl groups excluding tert-OH is 1. The van der Waals surface area contributed by atoms with Gasteiger partial charge in [-0.05, 0) is 19.3 Å². The molecular formula is C12H13NO3. The van der Waals surface area contributed by atoms with Gasteiger partial charge in [-0.2, -0.15) is 4.99 Å². The fraction of sp³-hybridized carbons (Fsp3) is 0.417. The van der Waals surface area contributed by atoms with Crippen molar-refractivity contribution in [2.45, 2.75) is 31.4 Å². The minimum atomic E-state index is -0.614. The predicted octanol–water partition coefficient (Wildman–Crippen LogP) is 1.60. The molecule has 84 valence electrons. The Bertz CT molecular complexity index is 446. The normalized spacial score (nSPS) is 17.3. The van der Waals surface area contributed by atoms with Crippen molar-refractivity contribution >= 4 is 6.08 Å². The first-order valence-corrected chi connectivity index (χ1v) is 5.25. The number of rotatable bonds is 3. The molecule has 16 heavy (non-hydrogen) atoms. The van der Waals surface area contributed by atoms with Crippen LogP contribution in [0.4, 0.5) is 0 Å². The van der Waals surface area contributed by atoms with Gasteiger partial charge in [-0.15, -0.1) is 0 Å². The second-order valence-electron chi connectivity index (χ2n) is 4.06. The lowest BCUT2D eigenvalue weighted by molar-refractivity contribution is 0.242. The fourth-order valence-corrected chi connectivity index (χ4v) is 2.13. The van der Waals surface area contributed by atoms with Gasteiger partial charge in [0.2, 0.25) is 6.08 Å². The van der Waals surface area contributed by atoms with E-state index < -0.39 is 5.54 Å². The second-order valence-corrected chi connectivity index (χ2v) is 4.06. The number of aliphatic imine (C=N–C) groups is 1. The zero-order valence-electron chi connectivity index (χ0n) is 8.81. The van der Waals surface area contributed by atoms with Gasteiger partial charge < -0.3 is 10.2 Å². The maximum Gasteiger partial charge on any atom is 0.235 e. The molecule has 0 aromatic heterocycles. The molecule has 0 saturated heterocycles. The number of hydrogen-bond donors (Lipinski definition) is 2. The van der Waals surface area contributed by atoms with Crippen molar-refractivity contribution in [2.24, 2.45) is 4.99 Å². The van der Waals surface area contributed by atoms with Gasteiger partial charge in [-0.25, -0.2) is 4.79 Å². The molecule has 1 aliphatic rings. The largest absolute Gasteiger partial charge is 0.507 e. The molecule has 0 aliphatic heterocycles. The van der Waals surface area contributed by atoms with Crippen molar-refractivity contribution < 1.29 is 15.0 Å². The summed E-state index contributed by atoms with van der Waals surface area (Å²) in [6.07, 6.45) is 4.04. The molecule has 1 fully saturated rings. The average molecular weight is 219 g/mol. The van der Waals surface area contributed by atoms with Crippen molar-refractivity contribution in [3.63, 3.8) is 0 Å². The maximum atomic E-state index is 10.4. The number of carbonyl (C=O) groups excluding carboxylic acids is 1. The van der Waals surface area contributed by atoms with Gasteiger partial charge in [0.1, 0.15) is 11.3 Å². The van der Waals surface area contributed by atoms with Crippen molar-refractivity contribution in [1.82, 2.24) is 0 Å². The number of phenols is 1. The quantitative estimate of drug-likeness (QED) is 0.599. The van der Waals surface area contributed by atoms with E-state index in [0.29, 0.717) is 11.1 Å². The van der Waals surface area contributed by atoms with Gasteiger partial charge >= 0.3 is 0 Å². The van der Waals surface area contributed by atoms with Crippen LogP contribution in [-0.2, 0) is 16.9 Å². The highest BCUT2D eigenvalue weighted by molar-refractivity contribution is 5.48. The summed E-state index contributed by atoms with van der Waals surface area (Å²) in [5.74, 6) is 0.0451. The molecule has 2 N–H and O–H groups in total. The van der Waals surface area contributed by atoms with E-state index in [4.69, 9.17) is 5.11 Å². The van der Waals surface area contributed by atoms with Crippen LogP contribution in [0.2, 0.25) is 0 Å². The summed E-state index contributed by atoms with van der Waals surface area (Å²) in [7, 11) is 0. The first-order chi connectivity index (χ1) is 7.73. The fourth-order valence-electron chi connectivity index (χ4n) is 2.13. The third-order valence-corrected chi connectivity index (χ3v) is 3.23. The molecule has 0 amide bonds. The molecule has 1 saturated carbocycles. The standard InChI is InChI=1S/C12H13NO3/c14-7-9-3-1-4-10(11(9)16)12(13-8-15)5-2-6-12/h1,3-4,14,16H,2,5-7H2. The summed E-state index contributed by atoms with van der Waals surface area (Å²) < 4.78 is 0. The molecular weight excluding hydrogens is 206 g/mol. The van der Waals surface area contributed by atoms with Crippen molar-refractivity contribution in [2.75, 3.05) is 0 Å². The van der Waals surface area contributed by atoms with Crippen LogP contribution in [0.15, 0.2) is 23.2 Å². The van der Waals surface area contributed by atoms with Gasteiger partial charge in [0.15, 0.2) is 0 Å². The molecule has 1 aromatic carbocycles. The van der Waals surface area contributed by atoms with Crippen molar-refractivity contribution in [1.29, 1.82) is 0 Å². The lowest BCUT2D eigenvalue weighted by Gasteiger charge is -2.37. The minimum absolute atomic E-state index is 0.0451. The van der Waals surface area contributed by atoms with E-state index in [1.165, 1.54) is 0 Å². The topological polar surface area (TPSA) is 69.9 Å². The number of nitrogens with zero attached hydrogens (tertiary/aromatic N) is 1. The highest BCUT2D eigenvalue weighted by atomic mass is 16.3. The molecule has 4 nitrogen and oxygen atoms in total. The van der Waals surface area contributed by atoms with Crippen LogP contribution < -0.4 is 0 Å². The Morgan fingerprint density at radius 3 is 2.69 bits per heavy atom. The van der Waals surface area contributed by atoms with Gasteiger partial charge in [-0.3, -0.25) is 0 Å². The maximum absolute atomic E-state index is 10.4. The third kappa shape index (κ3) is 1.52. The zero-order chi connectivity index (χ0) is 11.6. The summed E-state index contributed by atoms with van der Waals surface area (Å²) in [6, 6.07) is 5.14. The SMILES string of the molecule is O=C=NC1(c2cccc(CO)c2O)CCC1. The van der Waals surface area contributed by atoms with E-state index in [2.05, 4.69) is 4.99 Å². The molecule has 0 bridgehead atoms. The smallest absolute Gasteiger partial charge is 0.235 e. The Kier molecular flexibility index (Phi) is 2.77. The van der Waals surface area contributed by atoms with E-state index in [9.17, 15) is 9.90 Å². The van der Waals surface area contributed by atoms with Gasteiger partial charge in [0.25, 0.3) is 0 Å². The van der Waals surface area contributed by atoms with Gasteiger partial charge in [0, 0.05) is 11.1 Å². The molecule has 0 unspecified atom stereocenters. The second kappa shape index (κ2) is 4.08. The summed E-state index contributed by atoms with van der Waals surface area (Å²) in [5, 5.41) is 19.0. The van der Waals surface area contributed by atoms with E-state index in [-0.39, 0.29) is 12.4 Å². The summed E-state index contributed by atoms with van der Waals surface area (Å²) in [6.45, 7) is -0.222. The molecule has 0 radical (unpaired) electrons. The first kappa shape index (κ1) is 10.9. The Labute approximate surface area is 93.3 Å². The van der Waals surface area contributed by atoms with Gasteiger partial charge in [0.05, 0.1) is 6.61 Å². The Hall–Kier alpha value is -1.64. The average Bonchev–Trinajstić information content (AvgIpc) is 2.24. The third-order valence-electron chi connectivity index (χ3n) is 3.23. The number of isocyanates is 1. The van der Waals surface area contributed by atoms with E-state index in [1.54, 1.807) is 24.3 Å². The highest BCUT2D eigenvalue weighted by Gasteiger charge is 2.41. The number of para-hydroxylation sites is 1. The van der Waals surface area contributed by atoms with E-state index >= 15 is 0 Å². The van der Waals surface area contributed by atoms with Crippen molar-refractivity contribution in [3.8, 4) is 5.75 Å². The molecule has 4 heteroatoms. The van der Waals surface area contributed by atoms with Crippen LogP contribution in [0.5, 0.6) is 5.75 Å². The number of aromatic hydroxyl groups is 1. The number of hydrogen-bond acceptors (Lipinski definition) is 4. The minimum Gasteiger partial charge on any atom is -0.507 e. The van der Waals surface area contributed by atoms with E-state index in [0.717, 1.165) is 19.3 Å². The molecule has 0 spiro atoms. The van der Waals surface area contributed by atoms with Crippen LogP contribution >= 0.6 is 0 Å². The lowest BCUT2D eigenvalue weighted by Crippen LogP contribution is -2.32. The number of aliphatic hydroxyl groups is 1. The summed E-state index contributed by atoms with van der Waals surface area (Å²) in [5.41, 5.74) is 0.468. The van der Waals surface area contributed by atoms with Crippen LogP contribution in [-0.4, -0.2) is 16.3 Å². The van der Waals surface area contributed by atoms with E-state index in [1.807, 2.05) is 0 Å². The molecule has 0 heterocycles. The van der Waals surface area contributed by atoms with Crippen LogP contribution in [0.1, 0.15) is 30.4 Å². The molecule has 0 atom stereocenters. The molecule has 1 aromatic rings. The Balaban J connectivity index is 2.50. The molecule has 2 rings (SSSR count). The van der Waals surface area contributed by atoms with Gasteiger partial charge in [-0.1, -0.05) is 18.2 Å². The Morgan fingerprint density at radius 1 is 1.44 bits per heavy atom. The van der Waals surface area contributed by atoms with Crippen molar-refractivity contribution in [3.05, 3.63) is 29.3 Å². The van der Waals surface area contributed by atoms with Crippen LogP contribution in [0, 0.1) is 0 Å². The number of benzene rings is 1. The lowest BCUT2D eigenvalue weighted by atomic mass is 9.71. The zero-order valence-corrected chi connectivity index (χ0v) is 8.81. The van der Waals surface area contributed by atoms with Crippen LogP contribution in [0.3, 0.4) is 0 Å². The van der Waals surface area contributed by atoms with Crippen LogP contribution in [0.25, 0.3) is 0 Å². The monoisotopic (exact) mass is 219 g/mol. The summed E-state index contributed by atoms with van der Waals surface area (Å²) >= 11 is 0. The Morgan fingerprint density at radius 2 is 2.19 bits per heavy atom. The molecule has 1 aliphatic carbocycles. The highest BCUT2D eigenvalue weighted by Crippen LogP contribution is 2.48.